The van der Waals surface area contributed by atoms with E-state index in [2.05, 4.69) is 41.2 Å². The van der Waals surface area contributed by atoms with Gasteiger partial charge in [0, 0.05) is 30.0 Å². The minimum atomic E-state index is -0.435. The fourth-order valence-electron chi connectivity index (χ4n) is 3.42. The number of nitrogens with zero attached hydrogens (tertiary/aromatic N) is 3. The Morgan fingerprint density at radius 1 is 1.42 bits per heavy atom. The fourth-order valence-corrected chi connectivity index (χ4v) is 3.42. The van der Waals surface area contributed by atoms with Crippen molar-refractivity contribution in [1.29, 1.82) is 0 Å². The zero-order chi connectivity index (χ0) is 18.9. The van der Waals surface area contributed by atoms with Crippen LogP contribution in [0.1, 0.15) is 54.7 Å². The molecule has 0 spiro atoms. The Morgan fingerprint density at radius 2 is 2.19 bits per heavy atom. The lowest BCUT2D eigenvalue weighted by Gasteiger charge is -2.45. The molecule has 0 fully saturated rings. The van der Waals surface area contributed by atoms with Crippen molar-refractivity contribution in [2.75, 3.05) is 11.9 Å². The molecular formula is C20H23FN4O. The third kappa shape index (κ3) is 3.45. The van der Waals surface area contributed by atoms with Crippen molar-refractivity contribution in [1.82, 2.24) is 10.4 Å². The Kier molecular flexibility index (Phi) is 4.76. The first kappa shape index (κ1) is 18.0. The number of nitrogens with one attached hydrogen (secondary N) is 1. The van der Waals surface area contributed by atoms with E-state index in [1.165, 1.54) is 12.4 Å². The molecule has 1 aromatic heterocycles. The molecule has 1 aliphatic rings. The summed E-state index contributed by atoms with van der Waals surface area (Å²) in [6, 6.07) is 8.39. The normalized spacial score (nSPS) is 18.7. The van der Waals surface area contributed by atoms with Gasteiger partial charge >= 0.3 is 0 Å². The molecule has 1 amide bonds. The van der Waals surface area contributed by atoms with Crippen molar-refractivity contribution in [2.24, 2.45) is 5.10 Å². The van der Waals surface area contributed by atoms with Crippen LogP contribution in [0.25, 0.3) is 0 Å². The average Bonchev–Trinajstić information content (AvgIpc) is 2.61. The minimum absolute atomic E-state index is 0.0227. The highest BCUT2D eigenvalue weighted by molar-refractivity contribution is 5.93. The molecular weight excluding hydrogens is 331 g/mol. The molecule has 1 atom stereocenters. The van der Waals surface area contributed by atoms with Crippen LogP contribution in [-0.2, 0) is 0 Å². The summed E-state index contributed by atoms with van der Waals surface area (Å²) in [6.45, 7) is 6.47. The van der Waals surface area contributed by atoms with E-state index in [4.69, 9.17) is 0 Å². The highest BCUT2D eigenvalue weighted by Crippen LogP contribution is 2.43. The molecule has 1 unspecified atom stereocenters. The Morgan fingerprint density at radius 3 is 2.88 bits per heavy atom. The summed E-state index contributed by atoms with van der Waals surface area (Å²) in [5.74, 6) is -0.488. The van der Waals surface area contributed by atoms with Gasteiger partial charge in [0.25, 0.3) is 5.91 Å². The van der Waals surface area contributed by atoms with Gasteiger partial charge in [0.1, 0.15) is 11.5 Å². The molecule has 0 aliphatic carbocycles. The molecule has 1 N–H and O–H groups in total. The number of hydrogen-bond acceptors (Lipinski definition) is 4. The van der Waals surface area contributed by atoms with Crippen LogP contribution in [0.5, 0.6) is 0 Å². The molecule has 0 bridgehead atoms. The number of fused-ring (bicyclic) bond motifs is 1. The summed E-state index contributed by atoms with van der Waals surface area (Å²) in [5.41, 5.74) is 4.96. The Bertz CT molecular complexity index is 848. The highest BCUT2D eigenvalue weighted by atomic mass is 19.1. The highest BCUT2D eigenvalue weighted by Gasteiger charge is 2.34. The standard InChI is InChI=1S/C20H23FN4O/c1-13-11-20(2,3)25(4)18-10-16(21)14(9-15(13)18)12-23-24-19(26)17-7-5-6-8-22-17/h5-10,12-13H,11H2,1-4H3,(H,24,26)/b23-12-. The lowest BCUT2D eigenvalue weighted by atomic mass is 9.80. The predicted molar refractivity (Wildman–Crippen MR) is 101 cm³/mol. The van der Waals surface area contributed by atoms with E-state index in [-0.39, 0.29) is 17.1 Å². The number of rotatable bonds is 3. The zero-order valence-corrected chi connectivity index (χ0v) is 15.5. The van der Waals surface area contributed by atoms with Crippen LogP contribution < -0.4 is 10.3 Å². The maximum atomic E-state index is 14.5. The molecule has 0 radical (unpaired) electrons. The van der Waals surface area contributed by atoms with E-state index in [9.17, 15) is 9.18 Å². The number of carbonyl (C=O) groups is 1. The van der Waals surface area contributed by atoms with E-state index in [1.807, 2.05) is 13.1 Å². The number of aromatic nitrogens is 1. The Hall–Kier alpha value is -2.76. The first-order valence-corrected chi connectivity index (χ1v) is 8.61. The smallest absolute Gasteiger partial charge is 0.289 e. The van der Waals surface area contributed by atoms with Crippen LogP contribution in [0.15, 0.2) is 41.6 Å². The number of pyridine rings is 1. The third-order valence-corrected chi connectivity index (χ3v) is 5.02. The van der Waals surface area contributed by atoms with E-state index in [1.54, 1.807) is 24.3 Å². The van der Waals surface area contributed by atoms with Gasteiger partial charge in [0.15, 0.2) is 0 Å². The van der Waals surface area contributed by atoms with Crippen LogP contribution >= 0.6 is 0 Å². The maximum absolute atomic E-state index is 14.5. The lowest BCUT2D eigenvalue weighted by Crippen LogP contribution is -2.45. The molecule has 26 heavy (non-hydrogen) atoms. The van der Waals surface area contributed by atoms with Crippen molar-refractivity contribution in [3.63, 3.8) is 0 Å². The second-order valence-electron chi connectivity index (χ2n) is 7.32. The molecule has 136 valence electrons. The Balaban J connectivity index is 1.82. The topological polar surface area (TPSA) is 57.6 Å². The maximum Gasteiger partial charge on any atom is 0.289 e. The first-order chi connectivity index (χ1) is 12.3. The van der Waals surface area contributed by atoms with E-state index < -0.39 is 5.91 Å². The average molecular weight is 354 g/mol. The number of benzene rings is 1. The van der Waals surface area contributed by atoms with Gasteiger partial charge in [0.2, 0.25) is 0 Å². The van der Waals surface area contributed by atoms with Crippen molar-refractivity contribution >= 4 is 17.8 Å². The van der Waals surface area contributed by atoms with Crippen molar-refractivity contribution in [3.05, 3.63) is 59.2 Å². The molecule has 3 rings (SSSR count). The fraction of sp³-hybridized carbons (Fsp3) is 0.350. The minimum Gasteiger partial charge on any atom is -0.369 e. The number of hydrogen-bond donors (Lipinski definition) is 1. The molecule has 6 heteroatoms. The molecule has 2 aromatic rings. The van der Waals surface area contributed by atoms with Gasteiger partial charge in [-0.3, -0.25) is 9.78 Å². The first-order valence-electron chi connectivity index (χ1n) is 8.61. The number of carbonyl (C=O) groups excluding carboxylic acids is 1. The quantitative estimate of drug-likeness (QED) is 0.675. The predicted octanol–water partition coefficient (Wildman–Crippen LogP) is 3.71. The van der Waals surface area contributed by atoms with E-state index in [0.29, 0.717) is 11.5 Å². The van der Waals surface area contributed by atoms with Crippen LogP contribution in [0.3, 0.4) is 0 Å². The van der Waals surface area contributed by atoms with Gasteiger partial charge in [-0.05, 0) is 56.0 Å². The van der Waals surface area contributed by atoms with Crippen molar-refractivity contribution < 1.29 is 9.18 Å². The summed E-state index contributed by atoms with van der Waals surface area (Å²) in [4.78, 5) is 18.0. The van der Waals surface area contributed by atoms with Gasteiger partial charge in [0.05, 0.1) is 6.21 Å². The van der Waals surface area contributed by atoms with Crippen molar-refractivity contribution in [3.8, 4) is 0 Å². The van der Waals surface area contributed by atoms with Gasteiger partial charge in [-0.25, -0.2) is 9.82 Å². The lowest BCUT2D eigenvalue weighted by molar-refractivity contribution is 0.0950. The van der Waals surface area contributed by atoms with Crippen LogP contribution in [0.4, 0.5) is 10.1 Å². The molecule has 5 nitrogen and oxygen atoms in total. The molecule has 1 aromatic carbocycles. The zero-order valence-electron chi connectivity index (χ0n) is 15.5. The van der Waals surface area contributed by atoms with Gasteiger partial charge < -0.3 is 4.90 Å². The number of hydrazone groups is 1. The van der Waals surface area contributed by atoms with Crippen LogP contribution in [0.2, 0.25) is 0 Å². The summed E-state index contributed by atoms with van der Waals surface area (Å²) < 4.78 is 14.5. The number of anilines is 1. The largest absolute Gasteiger partial charge is 0.369 e. The summed E-state index contributed by atoms with van der Waals surface area (Å²) >= 11 is 0. The van der Waals surface area contributed by atoms with Crippen LogP contribution in [0, 0.1) is 5.82 Å². The van der Waals surface area contributed by atoms with Crippen molar-refractivity contribution in [2.45, 2.75) is 38.6 Å². The summed E-state index contributed by atoms with van der Waals surface area (Å²) in [6.07, 6.45) is 3.85. The molecule has 1 aliphatic heterocycles. The summed E-state index contributed by atoms with van der Waals surface area (Å²) in [7, 11) is 1.99. The second-order valence-corrected chi connectivity index (χ2v) is 7.32. The van der Waals surface area contributed by atoms with E-state index in [0.717, 1.165) is 17.7 Å². The number of halogens is 1. The van der Waals surface area contributed by atoms with Gasteiger partial charge in [-0.1, -0.05) is 13.0 Å². The molecule has 0 saturated carbocycles. The third-order valence-electron chi connectivity index (χ3n) is 5.02. The second kappa shape index (κ2) is 6.86. The molecule has 0 saturated heterocycles. The SMILES string of the molecule is CC1CC(C)(C)N(C)c2cc(F)c(/C=N\NC(=O)c3ccccn3)cc21. The summed E-state index contributed by atoms with van der Waals surface area (Å²) in [5, 5.41) is 3.88. The van der Waals surface area contributed by atoms with E-state index >= 15 is 0 Å². The van der Waals surface area contributed by atoms with Gasteiger partial charge in [-0.2, -0.15) is 5.10 Å². The molecule has 2 heterocycles. The monoisotopic (exact) mass is 354 g/mol. The Labute approximate surface area is 152 Å². The van der Waals surface area contributed by atoms with Gasteiger partial charge in [-0.15, -0.1) is 0 Å². The van der Waals surface area contributed by atoms with Crippen LogP contribution in [-0.4, -0.2) is 29.7 Å². The number of amides is 1.